The van der Waals surface area contributed by atoms with Crippen LogP contribution in [0.1, 0.15) is 31.8 Å². The molecule has 0 saturated carbocycles. The van der Waals surface area contributed by atoms with Crippen LogP contribution in [-0.4, -0.2) is 23.2 Å². The summed E-state index contributed by atoms with van der Waals surface area (Å²) in [5, 5.41) is 0. The van der Waals surface area contributed by atoms with Crippen molar-refractivity contribution in [2.45, 2.75) is 26.0 Å². The van der Waals surface area contributed by atoms with Gasteiger partial charge in [-0.2, -0.15) is 0 Å². The van der Waals surface area contributed by atoms with Crippen molar-refractivity contribution < 1.29 is 9.13 Å². The molecule has 0 spiro atoms. The molecule has 98 valence electrons. The van der Waals surface area contributed by atoms with Gasteiger partial charge >= 0.3 is 0 Å². The van der Waals surface area contributed by atoms with Crippen molar-refractivity contribution in [2.24, 2.45) is 5.73 Å². The lowest BCUT2D eigenvalue weighted by atomic mass is 10.2. The van der Waals surface area contributed by atoms with Gasteiger partial charge in [-0.05, 0) is 26.0 Å². The average molecular weight is 251 g/mol. The lowest BCUT2D eigenvalue weighted by molar-refractivity contribution is 0.0992. The number of imidazole rings is 1. The number of benzene rings is 1. The number of methoxy groups -OCH3 is 1. The van der Waals surface area contributed by atoms with Crippen molar-refractivity contribution in [3.63, 3.8) is 0 Å². The molecule has 1 heterocycles. The predicted molar refractivity (Wildman–Crippen MR) is 68.9 cm³/mol. The summed E-state index contributed by atoms with van der Waals surface area (Å²) in [6.07, 6.45) is -0.275. The molecule has 1 aromatic heterocycles. The van der Waals surface area contributed by atoms with E-state index in [4.69, 9.17) is 10.5 Å². The summed E-state index contributed by atoms with van der Waals surface area (Å²) in [6.45, 7) is 4.45. The number of nitrogens with zero attached hydrogens (tertiary/aromatic N) is 2. The third-order valence-corrected chi connectivity index (χ3v) is 2.98. The van der Waals surface area contributed by atoms with E-state index in [1.165, 1.54) is 12.1 Å². The molecule has 0 amide bonds. The van der Waals surface area contributed by atoms with Crippen LogP contribution >= 0.6 is 0 Å². The van der Waals surface area contributed by atoms with Crippen molar-refractivity contribution in [2.75, 3.05) is 13.7 Å². The predicted octanol–water partition coefficient (Wildman–Crippen LogP) is 2.40. The first kappa shape index (κ1) is 13.0. The Kier molecular flexibility index (Phi) is 3.63. The molecule has 1 atom stereocenters. The standard InChI is InChI=1S/C13H18FN3O/c1-8(2)17-11-5-4-9(14)6-10(11)16-13(17)12(7-15)18-3/h4-6,8,12H,7,15H2,1-3H3. The number of hydrogen-bond donors (Lipinski definition) is 1. The molecule has 0 saturated heterocycles. The van der Waals surface area contributed by atoms with Gasteiger partial charge < -0.3 is 15.0 Å². The smallest absolute Gasteiger partial charge is 0.140 e. The second kappa shape index (κ2) is 5.04. The second-order valence-corrected chi connectivity index (χ2v) is 4.53. The molecule has 0 aliphatic carbocycles. The molecule has 2 N–H and O–H groups in total. The van der Waals surface area contributed by atoms with E-state index in [0.29, 0.717) is 12.1 Å². The number of halogens is 1. The molecule has 0 bridgehead atoms. The lowest BCUT2D eigenvalue weighted by Gasteiger charge is -2.18. The normalized spacial score (nSPS) is 13.4. The Morgan fingerprint density at radius 3 is 2.72 bits per heavy atom. The van der Waals surface area contributed by atoms with Crippen LogP contribution < -0.4 is 5.73 Å². The quantitative estimate of drug-likeness (QED) is 0.907. The molecule has 1 unspecified atom stereocenters. The highest BCUT2D eigenvalue weighted by atomic mass is 19.1. The maximum absolute atomic E-state index is 13.2. The third kappa shape index (κ3) is 2.11. The largest absolute Gasteiger partial charge is 0.372 e. The van der Waals surface area contributed by atoms with Crippen molar-refractivity contribution in [3.05, 3.63) is 29.8 Å². The summed E-state index contributed by atoms with van der Waals surface area (Å²) in [4.78, 5) is 4.45. The van der Waals surface area contributed by atoms with Crippen LogP contribution in [0.15, 0.2) is 18.2 Å². The first-order valence-corrected chi connectivity index (χ1v) is 5.98. The molecule has 4 nitrogen and oxygen atoms in total. The van der Waals surface area contributed by atoms with Crippen LogP contribution in [0, 0.1) is 5.82 Å². The van der Waals surface area contributed by atoms with E-state index in [2.05, 4.69) is 18.8 Å². The van der Waals surface area contributed by atoms with E-state index in [1.54, 1.807) is 13.2 Å². The first-order chi connectivity index (χ1) is 8.58. The fourth-order valence-corrected chi connectivity index (χ4v) is 2.17. The zero-order chi connectivity index (χ0) is 13.3. The average Bonchev–Trinajstić information content (AvgIpc) is 2.68. The molecular formula is C13H18FN3O. The monoisotopic (exact) mass is 251 g/mol. The minimum absolute atomic E-state index is 0.208. The van der Waals surface area contributed by atoms with E-state index >= 15 is 0 Å². The molecular weight excluding hydrogens is 233 g/mol. The number of ether oxygens (including phenoxy) is 1. The Morgan fingerprint density at radius 1 is 1.44 bits per heavy atom. The van der Waals surface area contributed by atoms with Crippen molar-refractivity contribution in [1.82, 2.24) is 9.55 Å². The Labute approximate surface area is 106 Å². The summed E-state index contributed by atoms with van der Waals surface area (Å²) < 4.78 is 20.6. The molecule has 2 rings (SSSR count). The molecule has 5 heteroatoms. The Morgan fingerprint density at radius 2 is 2.17 bits per heavy atom. The van der Waals surface area contributed by atoms with Crippen LogP contribution in [0.25, 0.3) is 11.0 Å². The minimum atomic E-state index is -0.288. The van der Waals surface area contributed by atoms with E-state index in [9.17, 15) is 4.39 Å². The summed E-state index contributed by atoms with van der Waals surface area (Å²) in [5.74, 6) is 0.458. The van der Waals surface area contributed by atoms with Gasteiger partial charge in [-0.15, -0.1) is 0 Å². The topological polar surface area (TPSA) is 53.1 Å². The van der Waals surface area contributed by atoms with Crippen LogP contribution in [0.4, 0.5) is 4.39 Å². The highest BCUT2D eigenvalue weighted by Crippen LogP contribution is 2.26. The summed E-state index contributed by atoms with van der Waals surface area (Å²) >= 11 is 0. The summed E-state index contributed by atoms with van der Waals surface area (Å²) in [5.41, 5.74) is 7.22. The number of nitrogens with two attached hydrogens (primary N) is 1. The van der Waals surface area contributed by atoms with E-state index < -0.39 is 0 Å². The summed E-state index contributed by atoms with van der Waals surface area (Å²) in [7, 11) is 1.60. The molecule has 1 aromatic carbocycles. The van der Waals surface area contributed by atoms with E-state index in [1.807, 2.05) is 4.57 Å². The highest BCUT2D eigenvalue weighted by Gasteiger charge is 2.20. The van der Waals surface area contributed by atoms with Crippen molar-refractivity contribution >= 4 is 11.0 Å². The fourth-order valence-electron chi connectivity index (χ4n) is 2.17. The van der Waals surface area contributed by atoms with Crippen LogP contribution in [0.2, 0.25) is 0 Å². The second-order valence-electron chi connectivity index (χ2n) is 4.53. The zero-order valence-electron chi connectivity index (χ0n) is 10.9. The number of rotatable bonds is 4. The maximum atomic E-state index is 13.2. The Hall–Kier alpha value is -1.46. The molecule has 2 aromatic rings. The van der Waals surface area contributed by atoms with Gasteiger partial charge in [-0.25, -0.2) is 9.37 Å². The minimum Gasteiger partial charge on any atom is -0.372 e. The van der Waals surface area contributed by atoms with Gasteiger partial charge in [0.2, 0.25) is 0 Å². The van der Waals surface area contributed by atoms with Gasteiger partial charge in [-0.1, -0.05) is 0 Å². The summed E-state index contributed by atoms with van der Waals surface area (Å²) in [6, 6.07) is 4.82. The number of hydrogen-bond acceptors (Lipinski definition) is 3. The Balaban J connectivity index is 2.68. The van der Waals surface area contributed by atoms with Gasteiger partial charge in [0.1, 0.15) is 17.7 Å². The third-order valence-electron chi connectivity index (χ3n) is 2.98. The van der Waals surface area contributed by atoms with Crippen molar-refractivity contribution in [3.8, 4) is 0 Å². The highest BCUT2D eigenvalue weighted by molar-refractivity contribution is 5.76. The fraction of sp³-hybridized carbons (Fsp3) is 0.462. The van der Waals surface area contributed by atoms with Gasteiger partial charge in [0.15, 0.2) is 0 Å². The zero-order valence-corrected chi connectivity index (χ0v) is 10.9. The molecule has 0 fully saturated rings. The van der Waals surface area contributed by atoms with Gasteiger partial charge in [-0.3, -0.25) is 0 Å². The van der Waals surface area contributed by atoms with E-state index in [0.717, 1.165) is 11.3 Å². The Bertz CT molecular complexity index is 546. The molecule has 0 radical (unpaired) electrons. The van der Waals surface area contributed by atoms with Crippen LogP contribution in [0.5, 0.6) is 0 Å². The van der Waals surface area contributed by atoms with E-state index in [-0.39, 0.29) is 18.0 Å². The molecule has 0 aliphatic rings. The van der Waals surface area contributed by atoms with Gasteiger partial charge in [0, 0.05) is 25.8 Å². The first-order valence-electron chi connectivity index (χ1n) is 5.98. The lowest BCUT2D eigenvalue weighted by Crippen LogP contribution is -2.19. The SMILES string of the molecule is COC(CN)c1nc2cc(F)ccc2n1C(C)C. The van der Waals surface area contributed by atoms with Crippen molar-refractivity contribution in [1.29, 1.82) is 0 Å². The maximum Gasteiger partial charge on any atom is 0.140 e. The molecule has 18 heavy (non-hydrogen) atoms. The number of aromatic nitrogens is 2. The van der Waals surface area contributed by atoms with Crippen LogP contribution in [-0.2, 0) is 4.74 Å². The van der Waals surface area contributed by atoms with Crippen LogP contribution in [0.3, 0.4) is 0 Å². The van der Waals surface area contributed by atoms with Gasteiger partial charge in [0.25, 0.3) is 0 Å². The van der Waals surface area contributed by atoms with Gasteiger partial charge in [0.05, 0.1) is 11.0 Å². The number of fused-ring (bicyclic) bond motifs is 1. The molecule has 0 aliphatic heterocycles.